The molecule has 0 unspecified atom stereocenters. The summed E-state index contributed by atoms with van der Waals surface area (Å²) in [5.41, 5.74) is 7.69. The van der Waals surface area contributed by atoms with Gasteiger partial charge in [0.1, 0.15) is 16.7 Å². The highest BCUT2D eigenvalue weighted by Gasteiger charge is 2.20. The zero-order chi connectivity index (χ0) is 18.3. The van der Waals surface area contributed by atoms with Crippen LogP contribution in [0.5, 0.6) is 0 Å². The van der Waals surface area contributed by atoms with Crippen LogP contribution in [-0.2, 0) is 12.8 Å². The Morgan fingerprint density at radius 3 is 2.19 bits per heavy atom. The fraction of sp³-hybridized carbons (Fsp3) is 0.217. The van der Waals surface area contributed by atoms with Gasteiger partial charge in [-0.05, 0) is 70.3 Å². The first kappa shape index (κ1) is 17.2. The molecular weight excluding hydrogens is 350 g/mol. The number of halogens is 3. The maximum Gasteiger partial charge on any atom is 0.145 e. The first-order valence-corrected chi connectivity index (χ1v) is 9.34. The molecule has 0 amide bonds. The summed E-state index contributed by atoms with van der Waals surface area (Å²) < 4.78 is 27.6. The van der Waals surface area contributed by atoms with Gasteiger partial charge in [0.05, 0.1) is 0 Å². The van der Waals surface area contributed by atoms with E-state index < -0.39 is 16.7 Å². The second-order valence-electron chi connectivity index (χ2n) is 6.90. The predicted molar refractivity (Wildman–Crippen MR) is 104 cm³/mol. The van der Waals surface area contributed by atoms with Crippen LogP contribution in [0.3, 0.4) is 0 Å². The van der Waals surface area contributed by atoms with Crippen LogP contribution in [0.1, 0.15) is 36.5 Å². The molecule has 0 aromatic heterocycles. The van der Waals surface area contributed by atoms with E-state index in [0.717, 1.165) is 18.4 Å². The molecule has 0 fully saturated rings. The van der Waals surface area contributed by atoms with Gasteiger partial charge in [0.2, 0.25) is 0 Å². The Morgan fingerprint density at radius 2 is 1.50 bits per heavy atom. The molecule has 4 rings (SSSR count). The first-order valence-electron chi connectivity index (χ1n) is 8.97. The van der Waals surface area contributed by atoms with Crippen LogP contribution >= 0.6 is 11.6 Å². The zero-order valence-corrected chi connectivity index (χ0v) is 15.3. The minimum Gasteiger partial charge on any atom is -0.205 e. The summed E-state index contributed by atoms with van der Waals surface area (Å²) in [5.74, 6) is -1.46. The van der Waals surface area contributed by atoms with Crippen molar-refractivity contribution in [3.8, 4) is 22.3 Å². The number of rotatable bonds is 4. The molecule has 3 aromatic carbocycles. The molecule has 3 heteroatoms. The number of benzene rings is 3. The van der Waals surface area contributed by atoms with Gasteiger partial charge < -0.3 is 0 Å². The predicted octanol–water partition coefficient (Wildman–Crippen LogP) is 7.20. The van der Waals surface area contributed by atoms with E-state index in [4.69, 9.17) is 11.6 Å². The van der Waals surface area contributed by atoms with E-state index in [2.05, 4.69) is 25.1 Å². The van der Waals surface area contributed by atoms with Gasteiger partial charge in [0.25, 0.3) is 0 Å². The number of hydrogen-bond acceptors (Lipinski definition) is 0. The second kappa shape index (κ2) is 6.85. The molecule has 0 atom stereocenters. The molecule has 0 saturated heterocycles. The Bertz CT molecular complexity index is 968. The quantitative estimate of drug-likeness (QED) is 0.334. The van der Waals surface area contributed by atoms with Crippen molar-refractivity contribution in [1.29, 1.82) is 0 Å². The number of hydrogen-bond donors (Lipinski definition) is 0. The Kier molecular flexibility index (Phi) is 4.54. The van der Waals surface area contributed by atoms with Gasteiger partial charge in [-0.25, -0.2) is 8.78 Å². The Labute approximate surface area is 157 Å². The molecular formula is C23H19ClF2. The van der Waals surface area contributed by atoms with Gasteiger partial charge >= 0.3 is 0 Å². The highest BCUT2D eigenvalue weighted by atomic mass is 35.5. The molecule has 0 heterocycles. The third-order valence-corrected chi connectivity index (χ3v) is 5.44. The van der Waals surface area contributed by atoms with Crippen LogP contribution in [0.15, 0.2) is 48.5 Å². The van der Waals surface area contributed by atoms with Crippen LogP contribution in [0.2, 0.25) is 5.02 Å². The van der Waals surface area contributed by atoms with Crippen molar-refractivity contribution in [1.82, 2.24) is 0 Å². The van der Waals surface area contributed by atoms with Crippen molar-refractivity contribution < 1.29 is 8.78 Å². The minimum atomic E-state index is -0.731. The summed E-state index contributed by atoms with van der Waals surface area (Å²) >= 11 is 5.59. The van der Waals surface area contributed by atoms with Crippen LogP contribution < -0.4 is 0 Å². The standard InChI is InChI=1S/C23H19ClF2/c1-2-3-4-14-5-7-19-17(9-14)11-18-10-15(6-8-20(18)19)16-12-21(25)23(24)22(26)13-16/h5-10,12-13H,2-4,11H2,1H3. The maximum atomic E-state index is 13.8. The molecule has 3 aromatic rings. The highest BCUT2D eigenvalue weighted by molar-refractivity contribution is 6.31. The van der Waals surface area contributed by atoms with Gasteiger partial charge in [0, 0.05) is 0 Å². The zero-order valence-electron chi connectivity index (χ0n) is 14.6. The molecule has 0 aliphatic heterocycles. The lowest BCUT2D eigenvalue weighted by Gasteiger charge is -2.07. The molecule has 0 spiro atoms. The topological polar surface area (TPSA) is 0 Å². The van der Waals surface area contributed by atoms with Crippen molar-refractivity contribution in [2.24, 2.45) is 0 Å². The summed E-state index contributed by atoms with van der Waals surface area (Å²) in [4.78, 5) is 0. The molecule has 0 nitrogen and oxygen atoms in total. The third kappa shape index (κ3) is 3.03. The van der Waals surface area contributed by atoms with E-state index in [-0.39, 0.29) is 0 Å². The van der Waals surface area contributed by atoms with Crippen molar-refractivity contribution in [2.75, 3.05) is 0 Å². The Hall–Kier alpha value is -2.19. The average molecular weight is 369 g/mol. The minimum absolute atomic E-state index is 0.457. The molecule has 0 radical (unpaired) electrons. The van der Waals surface area contributed by atoms with Gasteiger partial charge in [-0.3, -0.25) is 0 Å². The van der Waals surface area contributed by atoms with Gasteiger partial charge in [-0.2, -0.15) is 0 Å². The second-order valence-corrected chi connectivity index (χ2v) is 7.28. The van der Waals surface area contributed by atoms with Crippen molar-refractivity contribution >= 4 is 11.6 Å². The van der Waals surface area contributed by atoms with E-state index in [1.165, 1.54) is 52.8 Å². The van der Waals surface area contributed by atoms with Gasteiger partial charge in [-0.15, -0.1) is 0 Å². The summed E-state index contributed by atoms with van der Waals surface area (Å²) in [6.07, 6.45) is 4.35. The summed E-state index contributed by atoms with van der Waals surface area (Å²) in [6.45, 7) is 2.20. The van der Waals surface area contributed by atoms with Crippen LogP contribution in [0, 0.1) is 11.6 Å². The summed E-state index contributed by atoms with van der Waals surface area (Å²) in [7, 11) is 0. The fourth-order valence-electron chi connectivity index (χ4n) is 3.70. The van der Waals surface area contributed by atoms with E-state index >= 15 is 0 Å². The van der Waals surface area contributed by atoms with E-state index in [1.54, 1.807) is 0 Å². The summed E-state index contributed by atoms with van der Waals surface area (Å²) in [6, 6.07) is 15.3. The Morgan fingerprint density at radius 1 is 0.846 bits per heavy atom. The van der Waals surface area contributed by atoms with Crippen LogP contribution in [-0.4, -0.2) is 0 Å². The molecule has 0 saturated carbocycles. The van der Waals surface area contributed by atoms with E-state index in [1.807, 2.05) is 18.2 Å². The first-order chi connectivity index (χ1) is 12.6. The largest absolute Gasteiger partial charge is 0.205 e. The van der Waals surface area contributed by atoms with Crippen LogP contribution in [0.25, 0.3) is 22.3 Å². The smallest absolute Gasteiger partial charge is 0.145 e. The fourth-order valence-corrected chi connectivity index (χ4v) is 3.81. The molecule has 0 N–H and O–H groups in total. The molecule has 1 aliphatic carbocycles. The SMILES string of the molecule is CCCCc1ccc2c(c1)Cc1cc(-c3cc(F)c(Cl)c(F)c3)ccc1-2. The molecule has 0 bridgehead atoms. The lowest BCUT2D eigenvalue weighted by Crippen LogP contribution is -1.89. The Balaban J connectivity index is 1.69. The monoisotopic (exact) mass is 368 g/mol. The lowest BCUT2D eigenvalue weighted by molar-refractivity contribution is 0.585. The normalized spacial score (nSPS) is 12.2. The van der Waals surface area contributed by atoms with Crippen molar-refractivity contribution in [3.05, 3.63) is 81.9 Å². The molecule has 1 aliphatic rings. The van der Waals surface area contributed by atoms with Crippen LogP contribution in [0.4, 0.5) is 8.78 Å². The molecule has 26 heavy (non-hydrogen) atoms. The van der Waals surface area contributed by atoms with E-state index in [9.17, 15) is 8.78 Å². The lowest BCUT2D eigenvalue weighted by atomic mass is 9.98. The molecule has 132 valence electrons. The number of fused-ring (bicyclic) bond motifs is 3. The third-order valence-electron chi connectivity index (χ3n) is 5.08. The van der Waals surface area contributed by atoms with E-state index in [0.29, 0.717) is 5.56 Å². The number of aryl methyl sites for hydroxylation is 1. The van der Waals surface area contributed by atoms with Gasteiger partial charge in [0.15, 0.2) is 0 Å². The summed E-state index contributed by atoms with van der Waals surface area (Å²) in [5, 5.41) is -0.457. The number of unbranched alkanes of at least 4 members (excludes halogenated alkanes) is 1. The average Bonchev–Trinajstić information content (AvgIpc) is 3.00. The van der Waals surface area contributed by atoms with Crippen molar-refractivity contribution in [3.63, 3.8) is 0 Å². The van der Waals surface area contributed by atoms with Crippen molar-refractivity contribution in [2.45, 2.75) is 32.6 Å². The highest BCUT2D eigenvalue weighted by Crippen LogP contribution is 2.39. The maximum absolute atomic E-state index is 13.8. The van der Waals surface area contributed by atoms with Gasteiger partial charge in [-0.1, -0.05) is 61.3 Å².